The van der Waals surface area contributed by atoms with E-state index in [0.717, 1.165) is 6.26 Å². The number of benzene rings is 2. The molecule has 0 heterocycles. The monoisotopic (exact) mass is 346 g/mol. The number of hydrogen-bond acceptors (Lipinski definition) is 5. The first-order valence-corrected chi connectivity index (χ1v) is 8.68. The van der Waals surface area contributed by atoms with Gasteiger partial charge in [0.05, 0.1) is 11.2 Å². The predicted molar refractivity (Wildman–Crippen MR) is 91.4 cm³/mol. The molecule has 7 nitrogen and oxygen atoms in total. The molecule has 0 radical (unpaired) electrons. The van der Waals surface area contributed by atoms with Crippen LogP contribution in [0.4, 0.5) is 11.4 Å². The summed E-state index contributed by atoms with van der Waals surface area (Å²) in [6.07, 6.45) is 3.82. The second-order valence-corrected chi connectivity index (χ2v) is 6.75. The van der Waals surface area contributed by atoms with Crippen LogP contribution in [0.5, 0.6) is 0 Å². The molecule has 2 aromatic carbocycles. The predicted octanol–water partition coefficient (Wildman–Crippen LogP) is 2.86. The second-order valence-electron chi connectivity index (χ2n) is 5.00. The van der Waals surface area contributed by atoms with Crippen LogP contribution in [0.1, 0.15) is 15.9 Å². The molecular formula is C16H14N2O5S. The zero-order valence-corrected chi connectivity index (χ0v) is 13.5. The number of nitro benzene ring substituents is 1. The number of carbonyl (C=O) groups is 1. The molecule has 8 heteroatoms. The van der Waals surface area contributed by atoms with E-state index in [9.17, 15) is 23.3 Å². The molecule has 0 amide bonds. The van der Waals surface area contributed by atoms with Crippen LogP contribution in [-0.2, 0) is 10.0 Å². The molecule has 0 atom stereocenters. The number of nitrogens with one attached hydrogen (secondary N) is 1. The van der Waals surface area contributed by atoms with E-state index in [1.165, 1.54) is 54.6 Å². The smallest absolute Gasteiger partial charge is 0.270 e. The summed E-state index contributed by atoms with van der Waals surface area (Å²) in [5.41, 5.74) is 1.21. The van der Waals surface area contributed by atoms with Crippen molar-refractivity contribution in [1.82, 2.24) is 0 Å². The highest BCUT2D eigenvalue weighted by Gasteiger charge is 2.06. The minimum Gasteiger partial charge on any atom is -0.289 e. The molecule has 0 unspecified atom stereocenters. The summed E-state index contributed by atoms with van der Waals surface area (Å²) < 4.78 is 24.5. The van der Waals surface area contributed by atoms with Crippen molar-refractivity contribution < 1.29 is 18.1 Å². The lowest BCUT2D eigenvalue weighted by molar-refractivity contribution is -0.384. The van der Waals surface area contributed by atoms with E-state index in [0.29, 0.717) is 16.8 Å². The summed E-state index contributed by atoms with van der Waals surface area (Å²) in [7, 11) is -3.37. The first kappa shape index (κ1) is 17.4. The van der Waals surface area contributed by atoms with E-state index in [2.05, 4.69) is 4.72 Å². The van der Waals surface area contributed by atoms with Gasteiger partial charge in [0, 0.05) is 23.4 Å². The van der Waals surface area contributed by atoms with E-state index in [1.54, 1.807) is 6.07 Å². The second kappa shape index (κ2) is 7.05. The van der Waals surface area contributed by atoms with Crippen LogP contribution in [0.25, 0.3) is 6.08 Å². The molecule has 24 heavy (non-hydrogen) atoms. The zero-order valence-electron chi connectivity index (χ0n) is 12.7. The van der Waals surface area contributed by atoms with Gasteiger partial charge in [0.25, 0.3) is 5.69 Å². The fourth-order valence-corrected chi connectivity index (χ4v) is 2.49. The molecule has 0 aliphatic carbocycles. The Labute approximate surface area is 138 Å². The van der Waals surface area contributed by atoms with Gasteiger partial charge < -0.3 is 0 Å². The highest BCUT2D eigenvalue weighted by Crippen LogP contribution is 2.15. The van der Waals surface area contributed by atoms with Gasteiger partial charge in [0.15, 0.2) is 5.78 Å². The maximum absolute atomic E-state index is 12.1. The van der Waals surface area contributed by atoms with E-state index in [1.807, 2.05) is 0 Å². The van der Waals surface area contributed by atoms with Crippen LogP contribution in [-0.4, -0.2) is 25.4 Å². The summed E-state index contributed by atoms with van der Waals surface area (Å²) in [5, 5.41) is 10.7. The van der Waals surface area contributed by atoms with Gasteiger partial charge in [0.2, 0.25) is 10.0 Å². The molecule has 0 spiro atoms. The van der Waals surface area contributed by atoms with Crippen molar-refractivity contribution in [3.05, 3.63) is 75.8 Å². The van der Waals surface area contributed by atoms with Crippen LogP contribution in [0.2, 0.25) is 0 Å². The Hall–Kier alpha value is -3.00. The van der Waals surface area contributed by atoms with Crippen molar-refractivity contribution in [1.29, 1.82) is 0 Å². The molecule has 0 bridgehead atoms. The van der Waals surface area contributed by atoms with Crippen molar-refractivity contribution in [3.8, 4) is 0 Å². The number of hydrogen-bond donors (Lipinski definition) is 1. The average molecular weight is 346 g/mol. The fraction of sp³-hybridized carbons (Fsp3) is 0.0625. The number of allylic oxidation sites excluding steroid dienone is 1. The number of non-ortho nitro benzene ring substituents is 1. The van der Waals surface area contributed by atoms with Crippen LogP contribution in [0.3, 0.4) is 0 Å². The lowest BCUT2D eigenvalue weighted by Gasteiger charge is -2.03. The zero-order chi connectivity index (χ0) is 17.7. The molecule has 0 fully saturated rings. The lowest BCUT2D eigenvalue weighted by atomic mass is 10.1. The third-order valence-electron chi connectivity index (χ3n) is 2.98. The van der Waals surface area contributed by atoms with E-state index in [-0.39, 0.29) is 11.5 Å². The Balaban J connectivity index is 2.12. The number of anilines is 1. The first-order valence-electron chi connectivity index (χ1n) is 6.79. The molecule has 0 aliphatic rings. The van der Waals surface area contributed by atoms with Crippen molar-refractivity contribution >= 4 is 33.3 Å². The fourth-order valence-electron chi connectivity index (χ4n) is 1.93. The average Bonchev–Trinajstić information content (AvgIpc) is 2.52. The number of carbonyl (C=O) groups excluding carboxylic acids is 1. The third kappa shape index (κ3) is 5.03. The molecule has 0 saturated heterocycles. The van der Waals surface area contributed by atoms with Gasteiger partial charge in [-0.3, -0.25) is 19.6 Å². The summed E-state index contributed by atoms with van der Waals surface area (Å²) in [4.78, 5) is 22.3. The Morgan fingerprint density at radius 2 is 1.83 bits per heavy atom. The molecule has 0 aliphatic heterocycles. The Morgan fingerprint density at radius 1 is 1.17 bits per heavy atom. The minimum absolute atomic E-state index is 0.0548. The number of nitrogens with zero attached hydrogens (tertiary/aromatic N) is 1. The SMILES string of the molecule is CS(=O)(=O)Nc1ccc(C(=O)/C=C/c2cccc([N+](=O)[O-])c2)cc1. The summed E-state index contributed by atoms with van der Waals surface area (Å²) in [6.45, 7) is 0. The minimum atomic E-state index is -3.37. The summed E-state index contributed by atoms with van der Waals surface area (Å²) >= 11 is 0. The third-order valence-corrected chi connectivity index (χ3v) is 3.59. The molecule has 124 valence electrons. The highest BCUT2D eigenvalue weighted by atomic mass is 32.2. The number of nitro groups is 1. The largest absolute Gasteiger partial charge is 0.289 e. The Kier molecular flexibility index (Phi) is 5.10. The molecule has 0 saturated carbocycles. The maximum atomic E-state index is 12.1. The number of rotatable bonds is 6. The Morgan fingerprint density at radius 3 is 2.42 bits per heavy atom. The van der Waals surface area contributed by atoms with Gasteiger partial charge >= 0.3 is 0 Å². The first-order chi connectivity index (χ1) is 11.2. The standard InChI is InChI=1S/C16H14N2O5S/c1-24(22,23)17-14-8-6-13(7-9-14)16(19)10-5-12-3-2-4-15(11-12)18(20)21/h2-11,17H,1H3/b10-5+. The quantitative estimate of drug-likeness (QED) is 0.375. The van der Waals surface area contributed by atoms with Crippen molar-refractivity contribution in [3.63, 3.8) is 0 Å². The van der Waals surface area contributed by atoms with E-state index < -0.39 is 14.9 Å². The molecule has 2 rings (SSSR count). The van der Waals surface area contributed by atoms with Crippen molar-refractivity contribution in [2.45, 2.75) is 0 Å². The van der Waals surface area contributed by atoms with Gasteiger partial charge in [-0.25, -0.2) is 8.42 Å². The van der Waals surface area contributed by atoms with Gasteiger partial charge in [-0.2, -0.15) is 0 Å². The normalized spacial score (nSPS) is 11.4. The molecule has 2 aromatic rings. The van der Waals surface area contributed by atoms with E-state index >= 15 is 0 Å². The van der Waals surface area contributed by atoms with Crippen LogP contribution < -0.4 is 4.72 Å². The topological polar surface area (TPSA) is 106 Å². The van der Waals surface area contributed by atoms with Gasteiger partial charge in [-0.1, -0.05) is 18.2 Å². The maximum Gasteiger partial charge on any atom is 0.270 e. The van der Waals surface area contributed by atoms with Crippen LogP contribution in [0, 0.1) is 10.1 Å². The Bertz CT molecular complexity index is 902. The van der Waals surface area contributed by atoms with Crippen LogP contribution in [0.15, 0.2) is 54.6 Å². The van der Waals surface area contributed by atoms with Crippen molar-refractivity contribution in [2.24, 2.45) is 0 Å². The molecule has 0 aromatic heterocycles. The number of ketones is 1. The van der Waals surface area contributed by atoms with Crippen LogP contribution >= 0.6 is 0 Å². The van der Waals surface area contributed by atoms with Crippen molar-refractivity contribution in [2.75, 3.05) is 11.0 Å². The molecular weight excluding hydrogens is 332 g/mol. The van der Waals surface area contributed by atoms with Gasteiger partial charge in [-0.05, 0) is 35.9 Å². The number of sulfonamides is 1. The molecule has 1 N–H and O–H groups in total. The van der Waals surface area contributed by atoms with Gasteiger partial charge in [-0.15, -0.1) is 0 Å². The summed E-state index contributed by atoms with van der Waals surface area (Å²) in [6, 6.07) is 11.9. The summed E-state index contributed by atoms with van der Waals surface area (Å²) in [5.74, 6) is -0.299. The van der Waals surface area contributed by atoms with E-state index in [4.69, 9.17) is 0 Å². The highest BCUT2D eigenvalue weighted by molar-refractivity contribution is 7.92. The lowest BCUT2D eigenvalue weighted by Crippen LogP contribution is -2.09. The van der Waals surface area contributed by atoms with Gasteiger partial charge in [0.1, 0.15) is 0 Å².